The maximum Gasteiger partial charge on any atom is 0.184 e. The van der Waals surface area contributed by atoms with Gasteiger partial charge in [-0.05, 0) is 48.7 Å². The summed E-state index contributed by atoms with van der Waals surface area (Å²) in [6.07, 6.45) is 0. The average Bonchev–Trinajstić information content (AvgIpc) is 3.20. The van der Waals surface area contributed by atoms with Crippen LogP contribution in [-0.4, -0.2) is 14.8 Å². The van der Waals surface area contributed by atoms with Crippen LogP contribution in [0.1, 0.15) is 11.1 Å². The molecule has 2 aromatic carbocycles. The Kier molecular flexibility index (Phi) is 4.55. The lowest BCUT2D eigenvalue weighted by Gasteiger charge is -2.03. The third-order valence-electron chi connectivity index (χ3n) is 4.67. The molecule has 0 amide bonds. The quantitative estimate of drug-likeness (QED) is 0.429. The number of thiophene rings is 1. The van der Waals surface area contributed by atoms with Crippen LogP contribution in [-0.2, 0) is 7.05 Å². The Labute approximate surface area is 164 Å². The van der Waals surface area contributed by atoms with Crippen molar-refractivity contribution in [3.8, 4) is 33.2 Å². The van der Waals surface area contributed by atoms with Gasteiger partial charge in [0, 0.05) is 22.9 Å². The fourth-order valence-corrected chi connectivity index (χ4v) is 4.27. The summed E-state index contributed by atoms with van der Waals surface area (Å²) in [5, 5.41) is 6.29. The largest absolute Gasteiger partial charge is 0.248 e. The van der Waals surface area contributed by atoms with E-state index in [1.54, 1.807) is 23.9 Å². The third-order valence-corrected chi connectivity index (χ3v) is 5.80. The van der Waals surface area contributed by atoms with Gasteiger partial charge < -0.3 is 0 Å². The van der Waals surface area contributed by atoms with E-state index in [0.717, 1.165) is 27.6 Å². The summed E-state index contributed by atoms with van der Waals surface area (Å²) in [5.74, 6) is -1.24. The topological polar surface area (TPSA) is 30.7 Å². The lowest BCUT2D eigenvalue weighted by molar-refractivity contribution is 0.509. The highest BCUT2D eigenvalue weighted by molar-refractivity contribution is 7.14. The molecule has 4 aromatic rings. The third kappa shape index (κ3) is 3.01. The van der Waals surface area contributed by atoms with Crippen molar-refractivity contribution in [3.63, 3.8) is 0 Å². The molecule has 0 aliphatic rings. The van der Waals surface area contributed by atoms with Gasteiger partial charge in [0.2, 0.25) is 0 Å². The molecule has 0 atom stereocenters. The van der Waals surface area contributed by atoms with Crippen LogP contribution in [0.2, 0.25) is 0 Å². The normalized spacial score (nSPS) is 11.2. The smallest absolute Gasteiger partial charge is 0.184 e. The zero-order chi connectivity index (χ0) is 20.0. The van der Waals surface area contributed by atoms with Gasteiger partial charge in [-0.25, -0.2) is 22.8 Å². The van der Waals surface area contributed by atoms with Crippen LogP contribution in [0, 0.1) is 31.3 Å². The first-order valence-electron chi connectivity index (χ1n) is 8.57. The molecule has 0 saturated heterocycles. The van der Waals surface area contributed by atoms with Crippen molar-refractivity contribution in [1.29, 1.82) is 0 Å². The number of rotatable bonds is 3. The van der Waals surface area contributed by atoms with E-state index in [9.17, 15) is 13.2 Å². The number of aryl methyl sites for hydroxylation is 2. The van der Waals surface area contributed by atoms with E-state index >= 15 is 0 Å². The number of aromatic nitrogens is 3. The SMILES string of the molecule is Cc1cccc(F)c1-c1nc(-c2csc(-c3ccc(F)c(F)c3)c2C)n(C)n1. The van der Waals surface area contributed by atoms with E-state index < -0.39 is 11.6 Å². The zero-order valence-corrected chi connectivity index (χ0v) is 16.2. The van der Waals surface area contributed by atoms with Crippen LogP contribution in [0.15, 0.2) is 41.8 Å². The Morgan fingerprint density at radius 3 is 2.46 bits per heavy atom. The van der Waals surface area contributed by atoms with Gasteiger partial charge in [-0.2, -0.15) is 5.10 Å². The van der Waals surface area contributed by atoms with Gasteiger partial charge in [-0.1, -0.05) is 18.2 Å². The first-order valence-corrected chi connectivity index (χ1v) is 9.45. The van der Waals surface area contributed by atoms with E-state index in [4.69, 9.17) is 0 Å². The van der Waals surface area contributed by atoms with E-state index in [1.807, 2.05) is 25.3 Å². The Bertz CT molecular complexity index is 1170. The molecule has 0 aliphatic carbocycles. The molecular weight excluding hydrogens is 383 g/mol. The molecule has 0 unspecified atom stereocenters. The van der Waals surface area contributed by atoms with Crippen LogP contribution in [0.25, 0.3) is 33.2 Å². The number of benzene rings is 2. The highest BCUT2D eigenvalue weighted by atomic mass is 32.1. The predicted octanol–water partition coefficient (Wildman–Crippen LogP) is 5.91. The van der Waals surface area contributed by atoms with Crippen LogP contribution in [0.5, 0.6) is 0 Å². The summed E-state index contributed by atoms with van der Waals surface area (Å²) in [7, 11) is 1.75. The Morgan fingerprint density at radius 2 is 1.75 bits per heavy atom. The minimum Gasteiger partial charge on any atom is -0.248 e. The zero-order valence-electron chi connectivity index (χ0n) is 15.4. The lowest BCUT2D eigenvalue weighted by Crippen LogP contribution is -1.95. The van der Waals surface area contributed by atoms with Crippen LogP contribution in [0.3, 0.4) is 0 Å². The molecule has 2 heterocycles. The molecule has 0 N–H and O–H groups in total. The second-order valence-corrected chi connectivity index (χ2v) is 7.43. The molecule has 142 valence electrons. The summed E-state index contributed by atoms with van der Waals surface area (Å²) in [4.78, 5) is 5.38. The van der Waals surface area contributed by atoms with Crippen molar-refractivity contribution in [1.82, 2.24) is 14.8 Å². The maximum atomic E-state index is 14.3. The number of halogens is 3. The molecule has 4 rings (SSSR count). The molecule has 0 aliphatic heterocycles. The molecule has 0 spiro atoms. The summed E-state index contributed by atoms with van der Waals surface area (Å²) in [6.45, 7) is 3.70. The summed E-state index contributed by atoms with van der Waals surface area (Å²) in [6, 6.07) is 8.69. The van der Waals surface area contributed by atoms with E-state index in [1.165, 1.54) is 23.5 Å². The average molecular weight is 399 g/mol. The fourth-order valence-electron chi connectivity index (χ4n) is 3.20. The maximum absolute atomic E-state index is 14.3. The van der Waals surface area contributed by atoms with Gasteiger partial charge in [0.15, 0.2) is 23.3 Å². The van der Waals surface area contributed by atoms with Gasteiger partial charge in [0.25, 0.3) is 0 Å². The van der Waals surface area contributed by atoms with Crippen molar-refractivity contribution in [3.05, 3.63) is 70.4 Å². The van der Waals surface area contributed by atoms with Crippen molar-refractivity contribution < 1.29 is 13.2 Å². The van der Waals surface area contributed by atoms with E-state index in [-0.39, 0.29) is 5.82 Å². The lowest BCUT2D eigenvalue weighted by atomic mass is 10.1. The van der Waals surface area contributed by atoms with Crippen LogP contribution in [0.4, 0.5) is 13.2 Å². The second-order valence-electron chi connectivity index (χ2n) is 6.55. The van der Waals surface area contributed by atoms with Crippen molar-refractivity contribution in [2.24, 2.45) is 7.05 Å². The van der Waals surface area contributed by atoms with Gasteiger partial charge in [0.1, 0.15) is 5.82 Å². The number of hydrogen-bond donors (Lipinski definition) is 0. The van der Waals surface area contributed by atoms with Gasteiger partial charge in [-0.15, -0.1) is 11.3 Å². The van der Waals surface area contributed by atoms with Crippen LogP contribution >= 0.6 is 11.3 Å². The molecule has 28 heavy (non-hydrogen) atoms. The second kappa shape index (κ2) is 6.91. The molecule has 7 heteroatoms. The summed E-state index contributed by atoms with van der Waals surface area (Å²) >= 11 is 1.41. The number of nitrogens with zero attached hydrogens (tertiary/aromatic N) is 3. The predicted molar refractivity (Wildman–Crippen MR) is 105 cm³/mol. The standard InChI is InChI=1S/C21H16F3N3S/c1-11-5-4-6-16(23)18(11)20-25-21(27(3)26-20)14-10-28-19(12(14)2)13-7-8-15(22)17(24)9-13/h4-10H,1-3H3. The van der Waals surface area contributed by atoms with Crippen molar-refractivity contribution in [2.75, 3.05) is 0 Å². The summed E-state index contributed by atoms with van der Waals surface area (Å²) in [5.41, 5.74) is 3.42. The highest BCUT2D eigenvalue weighted by Gasteiger charge is 2.20. The molecule has 3 nitrogen and oxygen atoms in total. The fraction of sp³-hybridized carbons (Fsp3) is 0.143. The molecule has 0 saturated carbocycles. The number of hydrogen-bond acceptors (Lipinski definition) is 3. The van der Waals surface area contributed by atoms with E-state index in [0.29, 0.717) is 22.8 Å². The first-order chi connectivity index (χ1) is 13.4. The Morgan fingerprint density at radius 1 is 0.964 bits per heavy atom. The Hall–Kier alpha value is -2.93. The molecule has 2 aromatic heterocycles. The minimum absolute atomic E-state index is 0.313. The molecule has 0 radical (unpaired) electrons. The highest BCUT2D eigenvalue weighted by Crippen LogP contribution is 2.38. The monoisotopic (exact) mass is 399 g/mol. The minimum atomic E-state index is -0.886. The van der Waals surface area contributed by atoms with E-state index in [2.05, 4.69) is 10.1 Å². The van der Waals surface area contributed by atoms with Gasteiger partial charge in [0.05, 0.1) is 5.56 Å². The van der Waals surface area contributed by atoms with Crippen molar-refractivity contribution in [2.45, 2.75) is 13.8 Å². The van der Waals surface area contributed by atoms with Gasteiger partial charge >= 0.3 is 0 Å². The first kappa shape index (κ1) is 18.4. The Balaban J connectivity index is 1.80. The molecule has 0 bridgehead atoms. The molecule has 0 fully saturated rings. The summed E-state index contributed by atoms with van der Waals surface area (Å²) < 4.78 is 42.8. The van der Waals surface area contributed by atoms with Crippen LogP contribution < -0.4 is 0 Å². The van der Waals surface area contributed by atoms with Crippen molar-refractivity contribution >= 4 is 11.3 Å². The van der Waals surface area contributed by atoms with Gasteiger partial charge in [-0.3, -0.25) is 0 Å². The molecular formula is C21H16F3N3S.